The maximum atomic E-state index is 12.4. The molecule has 2 aliphatic rings. The second kappa shape index (κ2) is 8.97. The third-order valence-electron chi connectivity index (χ3n) is 4.61. The van der Waals surface area contributed by atoms with Crippen LogP contribution < -0.4 is 5.32 Å². The highest BCUT2D eigenvalue weighted by molar-refractivity contribution is 5.76. The van der Waals surface area contributed by atoms with Gasteiger partial charge in [0.05, 0.1) is 19.1 Å². The Kier molecular flexibility index (Phi) is 6.41. The van der Waals surface area contributed by atoms with Crippen molar-refractivity contribution in [3.05, 3.63) is 42.0 Å². The molecular weight excluding hydrogens is 302 g/mol. The number of piperazine rings is 1. The minimum atomic E-state index is 0.0399. The summed E-state index contributed by atoms with van der Waals surface area (Å²) in [4.78, 5) is 16.7. The van der Waals surface area contributed by atoms with Crippen molar-refractivity contribution in [1.82, 2.24) is 15.1 Å². The number of rotatable bonds is 5. The second-order valence-electron chi connectivity index (χ2n) is 6.40. The normalized spacial score (nSPS) is 22.8. The number of hydrogen-bond donors (Lipinski definition) is 1. The van der Waals surface area contributed by atoms with E-state index >= 15 is 0 Å². The van der Waals surface area contributed by atoms with Crippen LogP contribution in [0.4, 0.5) is 0 Å². The fourth-order valence-corrected chi connectivity index (χ4v) is 3.16. The van der Waals surface area contributed by atoms with Crippen LogP contribution >= 0.6 is 0 Å². The van der Waals surface area contributed by atoms with Crippen LogP contribution in [-0.4, -0.2) is 74.2 Å². The van der Waals surface area contributed by atoms with Crippen molar-refractivity contribution in [2.75, 3.05) is 52.4 Å². The molecule has 2 fully saturated rings. The predicted octanol–water partition coefficient (Wildman–Crippen LogP) is 1.22. The molecule has 0 bridgehead atoms. The maximum absolute atomic E-state index is 12.4. The Morgan fingerprint density at radius 1 is 1.21 bits per heavy atom. The maximum Gasteiger partial charge on any atom is 0.225 e. The van der Waals surface area contributed by atoms with Gasteiger partial charge in [0.25, 0.3) is 0 Å². The van der Waals surface area contributed by atoms with Gasteiger partial charge in [0, 0.05) is 45.8 Å². The van der Waals surface area contributed by atoms with Gasteiger partial charge >= 0.3 is 0 Å². The van der Waals surface area contributed by atoms with Crippen molar-refractivity contribution in [3.63, 3.8) is 0 Å². The molecule has 3 rings (SSSR count). The Labute approximate surface area is 144 Å². The summed E-state index contributed by atoms with van der Waals surface area (Å²) in [5.41, 5.74) is 1.23. The zero-order valence-electron chi connectivity index (χ0n) is 14.2. The van der Waals surface area contributed by atoms with Crippen LogP contribution in [-0.2, 0) is 9.53 Å². The monoisotopic (exact) mass is 329 g/mol. The Morgan fingerprint density at radius 3 is 2.71 bits per heavy atom. The molecule has 0 radical (unpaired) electrons. The highest BCUT2D eigenvalue weighted by Gasteiger charge is 2.24. The molecule has 5 nitrogen and oxygen atoms in total. The largest absolute Gasteiger partial charge is 0.375 e. The zero-order chi connectivity index (χ0) is 16.6. The zero-order valence-corrected chi connectivity index (χ0v) is 14.2. The van der Waals surface area contributed by atoms with E-state index in [1.54, 1.807) is 0 Å². The van der Waals surface area contributed by atoms with Crippen LogP contribution in [0.25, 0.3) is 6.08 Å². The quantitative estimate of drug-likeness (QED) is 0.882. The summed E-state index contributed by atoms with van der Waals surface area (Å²) in [6.07, 6.45) is 4.90. The molecule has 0 spiro atoms. The minimum Gasteiger partial charge on any atom is -0.375 e. The summed E-state index contributed by atoms with van der Waals surface area (Å²) in [7, 11) is 0. The van der Waals surface area contributed by atoms with Crippen molar-refractivity contribution in [2.45, 2.75) is 12.5 Å². The van der Waals surface area contributed by atoms with Crippen LogP contribution in [0.3, 0.4) is 0 Å². The van der Waals surface area contributed by atoms with E-state index in [1.807, 2.05) is 11.0 Å². The molecule has 0 saturated carbocycles. The van der Waals surface area contributed by atoms with E-state index < -0.39 is 0 Å². The molecular formula is C19H27N3O2. The molecule has 2 saturated heterocycles. The molecule has 1 N–H and O–H groups in total. The van der Waals surface area contributed by atoms with Gasteiger partial charge in [-0.3, -0.25) is 9.69 Å². The number of carbonyl (C=O) groups excluding carboxylic acids is 1. The molecule has 1 aromatic carbocycles. The lowest BCUT2D eigenvalue weighted by atomic mass is 10.2. The second-order valence-corrected chi connectivity index (χ2v) is 6.40. The first-order chi connectivity index (χ1) is 11.8. The van der Waals surface area contributed by atoms with Gasteiger partial charge in [-0.2, -0.15) is 0 Å². The van der Waals surface area contributed by atoms with E-state index in [4.69, 9.17) is 4.74 Å². The van der Waals surface area contributed by atoms with Gasteiger partial charge in [0.15, 0.2) is 0 Å². The Bertz CT molecular complexity index is 533. The Morgan fingerprint density at radius 2 is 2.00 bits per heavy atom. The molecule has 1 aromatic rings. The van der Waals surface area contributed by atoms with Gasteiger partial charge < -0.3 is 15.0 Å². The lowest BCUT2D eigenvalue weighted by molar-refractivity contribution is -0.136. The first-order valence-corrected chi connectivity index (χ1v) is 8.85. The van der Waals surface area contributed by atoms with Crippen LogP contribution in [0.15, 0.2) is 36.4 Å². The molecule has 1 amide bonds. The molecule has 130 valence electrons. The number of morpholine rings is 1. The van der Waals surface area contributed by atoms with Crippen LogP contribution in [0, 0.1) is 0 Å². The van der Waals surface area contributed by atoms with E-state index in [1.165, 1.54) is 5.56 Å². The first kappa shape index (κ1) is 17.1. The molecule has 2 aliphatic heterocycles. The van der Waals surface area contributed by atoms with Gasteiger partial charge in [-0.15, -0.1) is 0 Å². The number of nitrogens with one attached hydrogen (secondary N) is 1. The highest BCUT2D eigenvalue weighted by atomic mass is 16.5. The van der Waals surface area contributed by atoms with Gasteiger partial charge in [-0.25, -0.2) is 0 Å². The summed E-state index contributed by atoms with van der Waals surface area (Å²) in [5.74, 6) is 0.225. The molecule has 2 heterocycles. The smallest absolute Gasteiger partial charge is 0.225 e. The highest BCUT2D eigenvalue weighted by Crippen LogP contribution is 2.09. The van der Waals surface area contributed by atoms with Crippen LogP contribution in [0.5, 0.6) is 0 Å². The Balaban J connectivity index is 1.37. The van der Waals surface area contributed by atoms with Gasteiger partial charge in [-0.1, -0.05) is 42.5 Å². The number of hydrogen-bond acceptors (Lipinski definition) is 4. The average molecular weight is 329 g/mol. The summed E-state index contributed by atoms with van der Waals surface area (Å²) >= 11 is 0. The topological polar surface area (TPSA) is 44.8 Å². The van der Waals surface area contributed by atoms with Gasteiger partial charge in [-0.05, 0) is 5.56 Å². The van der Waals surface area contributed by atoms with Gasteiger partial charge in [0.1, 0.15) is 0 Å². The van der Waals surface area contributed by atoms with Crippen LogP contribution in [0.1, 0.15) is 12.0 Å². The molecule has 0 aliphatic carbocycles. The molecule has 0 unspecified atom stereocenters. The summed E-state index contributed by atoms with van der Waals surface area (Å²) in [6, 6.07) is 10.3. The standard InChI is InChI=1S/C19H27N3O2/c23-19(15-18-16-20-8-14-24-18)22-12-10-21(11-13-22)9-4-7-17-5-2-1-3-6-17/h1-7,18,20H,8-16H2/b7-4+/t18-/m1/s1. The Hall–Kier alpha value is -1.69. The average Bonchev–Trinajstić information content (AvgIpc) is 2.64. The summed E-state index contributed by atoms with van der Waals surface area (Å²) in [5, 5.41) is 3.28. The summed E-state index contributed by atoms with van der Waals surface area (Å²) in [6.45, 7) is 6.83. The van der Waals surface area contributed by atoms with Crippen LogP contribution in [0.2, 0.25) is 0 Å². The minimum absolute atomic E-state index is 0.0399. The summed E-state index contributed by atoms with van der Waals surface area (Å²) < 4.78 is 5.63. The number of ether oxygens (including phenoxy) is 1. The van der Waals surface area contributed by atoms with Crippen molar-refractivity contribution in [3.8, 4) is 0 Å². The fraction of sp³-hybridized carbons (Fsp3) is 0.526. The lowest BCUT2D eigenvalue weighted by Crippen LogP contribution is -2.50. The first-order valence-electron chi connectivity index (χ1n) is 8.85. The van der Waals surface area contributed by atoms with E-state index in [2.05, 4.69) is 46.6 Å². The van der Waals surface area contributed by atoms with Crippen molar-refractivity contribution < 1.29 is 9.53 Å². The fourth-order valence-electron chi connectivity index (χ4n) is 3.16. The van der Waals surface area contributed by atoms with Crippen molar-refractivity contribution in [1.29, 1.82) is 0 Å². The van der Waals surface area contributed by atoms with Gasteiger partial charge in [0.2, 0.25) is 5.91 Å². The third kappa shape index (κ3) is 5.16. The number of benzene rings is 1. The third-order valence-corrected chi connectivity index (χ3v) is 4.61. The van der Waals surface area contributed by atoms with E-state index in [-0.39, 0.29) is 12.0 Å². The molecule has 5 heteroatoms. The van der Waals surface area contributed by atoms with E-state index in [0.29, 0.717) is 13.0 Å². The SMILES string of the molecule is O=C(C[C@@H]1CNCCO1)N1CCN(C/C=C/c2ccccc2)CC1. The number of nitrogens with zero attached hydrogens (tertiary/aromatic N) is 2. The number of carbonyl (C=O) groups is 1. The molecule has 1 atom stereocenters. The van der Waals surface area contributed by atoms with Crippen molar-refractivity contribution in [2.24, 2.45) is 0 Å². The lowest BCUT2D eigenvalue weighted by Gasteiger charge is -2.35. The number of amides is 1. The molecule has 24 heavy (non-hydrogen) atoms. The predicted molar refractivity (Wildman–Crippen MR) is 95.7 cm³/mol. The van der Waals surface area contributed by atoms with Crippen molar-refractivity contribution >= 4 is 12.0 Å². The molecule has 0 aromatic heterocycles. The van der Waals surface area contributed by atoms with E-state index in [9.17, 15) is 4.79 Å². The van der Waals surface area contributed by atoms with E-state index in [0.717, 1.165) is 45.8 Å².